The van der Waals surface area contributed by atoms with E-state index < -0.39 is 0 Å². The van der Waals surface area contributed by atoms with Crippen LogP contribution in [0.15, 0.2) is 46.9 Å². The van der Waals surface area contributed by atoms with Gasteiger partial charge in [0.2, 0.25) is 0 Å². The maximum Gasteiger partial charge on any atom is 0.139 e. The van der Waals surface area contributed by atoms with Crippen LogP contribution in [0.2, 0.25) is 0 Å². The van der Waals surface area contributed by atoms with Gasteiger partial charge in [0.05, 0.1) is 15.8 Å². The number of para-hydroxylation sites is 1. The van der Waals surface area contributed by atoms with Gasteiger partial charge in [0.15, 0.2) is 0 Å². The number of halogens is 2. The Balaban J connectivity index is 1.81. The molecule has 3 N–H and O–H groups in total. The number of hydrogen-bond acceptors (Lipinski definition) is 3. The molecule has 5 heteroatoms. The molecule has 0 amide bonds. The molecule has 0 radical (unpaired) electrons. The molecule has 112 valence electrons. The number of nitrogen functional groups attached to an aromatic ring is 1. The molecule has 2 aromatic rings. The zero-order valence-corrected chi connectivity index (χ0v) is 13.5. The molecule has 2 aromatic carbocycles. The topological polar surface area (TPSA) is 41.3 Å². The third-order valence-electron chi connectivity index (χ3n) is 3.28. The van der Waals surface area contributed by atoms with Crippen molar-refractivity contribution < 1.29 is 4.39 Å². The summed E-state index contributed by atoms with van der Waals surface area (Å²) in [5.74, 6) is -0.345. The Morgan fingerprint density at radius 2 is 1.95 bits per heavy atom. The molecule has 0 heterocycles. The third-order valence-corrected chi connectivity index (χ3v) is 3.88. The van der Waals surface area contributed by atoms with Gasteiger partial charge in [0.25, 0.3) is 0 Å². The van der Waals surface area contributed by atoms with Gasteiger partial charge in [-0.1, -0.05) is 18.2 Å². The minimum atomic E-state index is -0.345. The molecular formula is C16H19BrFN3. The summed E-state index contributed by atoms with van der Waals surface area (Å²) < 4.78 is 13.7. The largest absolute Gasteiger partial charge is 0.397 e. The van der Waals surface area contributed by atoms with Crippen molar-refractivity contribution in [1.82, 2.24) is 0 Å². The highest BCUT2D eigenvalue weighted by molar-refractivity contribution is 9.10. The molecular weight excluding hydrogens is 333 g/mol. The second kappa shape index (κ2) is 7.31. The van der Waals surface area contributed by atoms with Gasteiger partial charge in [-0.15, -0.1) is 0 Å². The van der Waals surface area contributed by atoms with Crippen LogP contribution in [-0.2, 0) is 0 Å². The minimum absolute atomic E-state index is 0.345. The summed E-state index contributed by atoms with van der Waals surface area (Å²) in [4.78, 5) is 2.20. The molecule has 0 bridgehead atoms. The lowest BCUT2D eigenvalue weighted by Crippen LogP contribution is -2.20. The van der Waals surface area contributed by atoms with Crippen molar-refractivity contribution in [2.24, 2.45) is 0 Å². The first-order chi connectivity index (χ1) is 10.1. The van der Waals surface area contributed by atoms with Crippen LogP contribution < -0.4 is 16.0 Å². The fourth-order valence-electron chi connectivity index (χ4n) is 2.07. The molecule has 0 atom stereocenters. The van der Waals surface area contributed by atoms with Crippen LogP contribution in [0.25, 0.3) is 0 Å². The summed E-state index contributed by atoms with van der Waals surface area (Å²) in [5, 5.41) is 3.24. The third kappa shape index (κ3) is 4.36. The summed E-state index contributed by atoms with van der Waals surface area (Å²) >= 11 is 3.16. The number of anilines is 3. The lowest BCUT2D eigenvalue weighted by Gasteiger charge is -2.19. The molecule has 2 rings (SSSR count). The summed E-state index contributed by atoms with van der Waals surface area (Å²) in [7, 11) is 2.07. The number of nitrogens with one attached hydrogen (secondary N) is 1. The van der Waals surface area contributed by atoms with Gasteiger partial charge in [-0.2, -0.15) is 0 Å². The van der Waals surface area contributed by atoms with Crippen molar-refractivity contribution in [3.63, 3.8) is 0 Å². The average Bonchev–Trinajstić information content (AvgIpc) is 2.49. The van der Waals surface area contributed by atoms with E-state index in [-0.39, 0.29) is 5.82 Å². The lowest BCUT2D eigenvalue weighted by atomic mass is 10.2. The van der Waals surface area contributed by atoms with Crippen LogP contribution in [0.3, 0.4) is 0 Å². The standard InChI is InChI=1S/C16H19BrFN3/c1-21(12-6-3-2-4-7-12)9-5-8-20-16-10-13(17)14(18)11-15(16)19/h2-4,6-7,10-11,20H,5,8-9,19H2,1H3. The zero-order valence-electron chi connectivity index (χ0n) is 11.9. The first-order valence-electron chi connectivity index (χ1n) is 6.82. The van der Waals surface area contributed by atoms with Gasteiger partial charge >= 0.3 is 0 Å². The first-order valence-corrected chi connectivity index (χ1v) is 7.62. The quantitative estimate of drug-likeness (QED) is 0.607. The Hall–Kier alpha value is -1.75. The van der Waals surface area contributed by atoms with Crippen molar-refractivity contribution in [1.29, 1.82) is 0 Å². The van der Waals surface area contributed by atoms with E-state index in [2.05, 4.69) is 45.3 Å². The molecule has 0 saturated heterocycles. The Morgan fingerprint density at radius 1 is 1.24 bits per heavy atom. The van der Waals surface area contributed by atoms with E-state index in [0.29, 0.717) is 10.2 Å². The molecule has 3 nitrogen and oxygen atoms in total. The van der Waals surface area contributed by atoms with E-state index in [9.17, 15) is 4.39 Å². The number of benzene rings is 2. The van der Waals surface area contributed by atoms with E-state index in [4.69, 9.17) is 5.73 Å². The van der Waals surface area contributed by atoms with E-state index >= 15 is 0 Å². The molecule has 0 aliphatic heterocycles. The summed E-state index contributed by atoms with van der Waals surface area (Å²) in [6.45, 7) is 1.71. The van der Waals surface area contributed by atoms with Gasteiger partial charge < -0.3 is 16.0 Å². The van der Waals surface area contributed by atoms with Crippen LogP contribution >= 0.6 is 15.9 Å². The Labute approximate surface area is 133 Å². The minimum Gasteiger partial charge on any atom is -0.397 e. The fraction of sp³-hybridized carbons (Fsp3) is 0.250. The van der Waals surface area contributed by atoms with E-state index in [1.165, 1.54) is 11.8 Å². The van der Waals surface area contributed by atoms with Gasteiger partial charge in [-0.25, -0.2) is 4.39 Å². The van der Waals surface area contributed by atoms with Crippen molar-refractivity contribution in [3.05, 3.63) is 52.8 Å². The summed E-state index contributed by atoms with van der Waals surface area (Å²) in [6.07, 6.45) is 0.958. The molecule has 21 heavy (non-hydrogen) atoms. The number of hydrogen-bond donors (Lipinski definition) is 2. The summed E-state index contributed by atoms with van der Waals surface area (Å²) in [6, 6.07) is 13.2. The number of nitrogens with two attached hydrogens (primary N) is 1. The zero-order chi connectivity index (χ0) is 15.2. The average molecular weight is 352 g/mol. The smallest absolute Gasteiger partial charge is 0.139 e. The van der Waals surface area contributed by atoms with Crippen molar-refractivity contribution in [2.75, 3.05) is 36.1 Å². The van der Waals surface area contributed by atoms with Gasteiger partial charge in [0.1, 0.15) is 5.82 Å². The summed E-state index contributed by atoms with van der Waals surface area (Å²) in [5.41, 5.74) is 8.16. The Morgan fingerprint density at radius 3 is 2.67 bits per heavy atom. The maximum atomic E-state index is 13.3. The van der Waals surface area contributed by atoms with Gasteiger partial charge in [0, 0.05) is 31.9 Å². The molecule has 0 unspecified atom stereocenters. The van der Waals surface area contributed by atoms with Crippen molar-refractivity contribution in [2.45, 2.75) is 6.42 Å². The van der Waals surface area contributed by atoms with Crippen LogP contribution in [-0.4, -0.2) is 20.1 Å². The molecule has 0 saturated carbocycles. The fourth-order valence-corrected chi connectivity index (χ4v) is 2.41. The van der Waals surface area contributed by atoms with Crippen molar-refractivity contribution >= 4 is 33.0 Å². The molecule has 0 aromatic heterocycles. The monoisotopic (exact) mass is 351 g/mol. The molecule has 0 aliphatic carbocycles. The first kappa shape index (κ1) is 15.6. The van der Waals surface area contributed by atoms with Crippen LogP contribution in [0, 0.1) is 5.82 Å². The lowest BCUT2D eigenvalue weighted by molar-refractivity contribution is 0.622. The van der Waals surface area contributed by atoms with Gasteiger partial charge in [-0.05, 0) is 40.5 Å². The van der Waals surface area contributed by atoms with Crippen LogP contribution in [0.5, 0.6) is 0 Å². The predicted octanol–water partition coefficient (Wildman–Crippen LogP) is 4.11. The highest BCUT2D eigenvalue weighted by atomic mass is 79.9. The number of rotatable bonds is 6. The maximum absolute atomic E-state index is 13.3. The van der Waals surface area contributed by atoms with E-state index in [0.717, 1.165) is 25.2 Å². The second-order valence-electron chi connectivity index (χ2n) is 4.89. The van der Waals surface area contributed by atoms with E-state index in [1.54, 1.807) is 6.07 Å². The molecule has 0 aliphatic rings. The van der Waals surface area contributed by atoms with Crippen LogP contribution in [0.4, 0.5) is 21.5 Å². The number of nitrogens with zero attached hydrogens (tertiary/aromatic N) is 1. The van der Waals surface area contributed by atoms with Crippen molar-refractivity contribution in [3.8, 4) is 0 Å². The normalized spacial score (nSPS) is 10.4. The van der Waals surface area contributed by atoms with Crippen LogP contribution in [0.1, 0.15) is 6.42 Å². The highest BCUT2D eigenvalue weighted by Crippen LogP contribution is 2.26. The second-order valence-corrected chi connectivity index (χ2v) is 5.75. The molecule has 0 spiro atoms. The predicted molar refractivity (Wildman–Crippen MR) is 91.3 cm³/mol. The SMILES string of the molecule is CN(CCCNc1cc(Br)c(F)cc1N)c1ccccc1. The molecule has 0 fully saturated rings. The van der Waals surface area contributed by atoms with E-state index in [1.807, 2.05) is 18.2 Å². The Kier molecular flexibility index (Phi) is 5.44. The highest BCUT2D eigenvalue weighted by Gasteiger charge is 2.05. The van der Waals surface area contributed by atoms with Gasteiger partial charge in [-0.3, -0.25) is 0 Å². The Bertz CT molecular complexity index is 590.